The number of alkyl halides is 3. The van der Waals surface area contributed by atoms with Gasteiger partial charge in [-0.05, 0) is 18.2 Å². The van der Waals surface area contributed by atoms with E-state index in [0.717, 1.165) is 35.0 Å². The van der Waals surface area contributed by atoms with E-state index in [9.17, 15) is 32.9 Å². The summed E-state index contributed by atoms with van der Waals surface area (Å²) in [5.41, 5.74) is -2.84. The van der Waals surface area contributed by atoms with Crippen molar-refractivity contribution in [3.8, 4) is 0 Å². The molecular weight excluding hydrogens is 367 g/mol. The predicted octanol–water partition coefficient (Wildman–Crippen LogP) is 3.07. The van der Waals surface area contributed by atoms with Crippen molar-refractivity contribution in [3.05, 3.63) is 67.6 Å². The van der Waals surface area contributed by atoms with Gasteiger partial charge in [0.2, 0.25) is 5.91 Å². The van der Waals surface area contributed by atoms with Crippen LogP contribution in [-0.2, 0) is 17.5 Å². The normalized spacial score (nSPS) is 11.2. The predicted molar refractivity (Wildman–Crippen MR) is 82.4 cm³/mol. The highest BCUT2D eigenvalue weighted by Gasteiger charge is 2.34. The molecule has 25 heavy (non-hydrogen) atoms. The summed E-state index contributed by atoms with van der Waals surface area (Å²) in [7, 11) is 0. The highest BCUT2D eigenvalue weighted by atomic mass is 35.5. The first-order chi connectivity index (χ1) is 11.6. The van der Waals surface area contributed by atoms with Gasteiger partial charge in [-0.1, -0.05) is 11.6 Å². The number of nitrogens with zero attached hydrogens (tertiary/aromatic N) is 2. The molecule has 0 radical (unpaired) electrons. The summed E-state index contributed by atoms with van der Waals surface area (Å²) < 4.78 is 39.6. The van der Waals surface area contributed by atoms with Gasteiger partial charge in [0, 0.05) is 17.2 Å². The second kappa shape index (κ2) is 6.93. The molecule has 0 aliphatic heterocycles. The van der Waals surface area contributed by atoms with E-state index < -0.39 is 46.0 Å². The van der Waals surface area contributed by atoms with Crippen molar-refractivity contribution in [2.24, 2.45) is 0 Å². The number of hydrogen-bond acceptors (Lipinski definition) is 4. The first kappa shape index (κ1) is 18.5. The summed E-state index contributed by atoms with van der Waals surface area (Å²) in [6.07, 6.45) is -3.93. The lowest BCUT2D eigenvalue weighted by Gasteiger charge is -2.14. The number of amides is 1. The van der Waals surface area contributed by atoms with Crippen molar-refractivity contribution in [3.63, 3.8) is 0 Å². The third-order valence-electron chi connectivity index (χ3n) is 3.05. The molecule has 1 aromatic heterocycles. The molecule has 0 unspecified atom stereocenters. The van der Waals surface area contributed by atoms with Crippen LogP contribution in [0.4, 0.5) is 24.5 Å². The molecule has 11 heteroatoms. The van der Waals surface area contributed by atoms with Crippen LogP contribution in [0, 0.1) is 10.1 Å². The largest absolute Gasteiger partial charge is 0.418 e. The molecule has 1 aromatic carbocycles. The molecule has 0 saturated carbocycles. The lowest BCUT2D eigenvalue weighted by atomic mass is 10.1. The molecule has 0 spiro atoms. The van der Waals surface area contributed by atoms with E-state index in [2.05, 4.69) is 0 Å². The highest BCUT2D eigenvalue weighted by molar-refractivity contribution is 6.30. The van der Waals surface area contributed by atoms with Crippen LogP contribution in [0.1, 0.15) is 5.56 Å². The number of pyridine rings is 1. The summed E-state index contributed by atoms with van der Waals surface area (Å²) in [4.78, 5) is 33.5. The van der Waals surface area contributed by atoms with Gasteiger partial charge in [-0.2, -0.15) is 13.2 Å². The molecule has 0 atom stereocenters. The van der Waals surface area contributed by atoms with Crippen molar-refractivity contribution in [1.29, 1.82) is 0 Å². The number of carbonyl (C=O) groups is 1. The van der Waals surface area contributed by atoms with Gasteiger partial charge < -0.3 is 5.32 Å². The fourth-order valence-electron chi connectivity index (χ4n) is 1.95. The average Bonchev–Trinajstić information content (AvgIpc) is 2.50. The maximum Gasteiger partial charge on any atom is 0.418 e. The molecule has 1 amide bonds. The van der Waals surface area contributed by atoms with Gasteiger partial charge >= 0.3 is 6.18 Å². The Kier molecular flexibility index (Phi) is 5.12. The lowest BCUT2D eigenvalue weighted by Crippen LogP contribution is -2.27. The zero-order valence-corrected chi connectivity index (χ0v) is 13.0. The van der Waals surface area contributed by atoms with Crippen LogP contribution in [0.25, 0.3) is 0 Å². The minimum Gasteiger partial charge on any atom is -0.324 e. The van der Waals surface area contributed by atoms with Crippen LogP contribution in [0.5, 0.6) is 0 Å². The number of nitrogens with one attached hydrogen (secondary N) is 1. The molecule has 132 valence electrons. The van der Waals surface area contributed by atoms with Crippen LogP contribution in [-0.4, -0.2) is 15.4 Å². The van der Waals surface area contributed by atoms with Gasteiger partial charge in [0.25, 0.3) is 11.2 Å². The van der Waals surface area contributed by atoms with Crippen molar-refractivity contribution < 1.29 is 22.9 Å². The molecule has 7 nitrogen and oxygen atoms in total. The zero-order valence-electron chi connectivity index (χ0n) is 12.2. The van der Waals surface area contributed by atoms with Crippen LogP contribution >= 0.6 is 11.6 Å². The molecule has 2 aromatic rings. The number of anilines is 1. The monoisotopic (exact) mass is 375 g/mol. The summed E-state index contributed by atoms with van der Waals surface area (Å²) in [5, 5.41) is 12.5. The Morgan fingerprint density at radius 1 is 1.28 bits per heavy atom. The number of hydrogen-bond donors (Lipinski definition) is 1. The molecule has 0 saturated heterocycles. The Hall–Kier alpha value is -2.88. The highest BCUT2D eigenvalue weighted by Crippen LogP contribution is 2.36. The maximum absolute atomic E-state index is 13.0. The topological polar surface area (TPSA) is 94.2 Å². The summed E-state index contributed by atoms with van der Waals surface area (Å²) in [6, 6.07) is 4.62. The van der Waals surface area contributed by atoms with Gasteiger partial charge in [-0.15, -0.1) is 0 Å². The first-order valence-corrected chi connectivity index (χ1v) is 6.97. The van der Waals surface area contributed by atoms with E-state index in [1.54, 1.807) is 0 Å². The molecule has 0 fully saturated rings. The van der Waals surface area contributed by atoms with Crippen LogP contribution < -0.4 is 10.9 Å². The second-order valence-electron chi connectivity index (χ2n) is 4.85. The van der Waals surface area contributed by atoms with Crippen molar-refractivity contribution in [2.75, 3.05) is 5.32 Å². The molecule has 0 aliphatic rings. The maximum atomic E-state index is 13.0. The Bertz CT molecular complexity index is 896. The number of nitro groups is 1. The van der Waals surface area contributed by atoms with Crippen LogP contribution in [0.2, 0.25) is 5.02 Å². The van der Waals surface area contributed by atoms with E-state index in [1.165, 1.54) is 0 Å². The van der Waals surface area contributed by atoms with Gasteiger partial charge in [0.15, 0.2) is 0 Å². The summed E-state index contributed by atoms with van der Waals surface area (Å²) in [5.74, 6) is -0.963. The smallest absolute Gasteiger partial charge is 0.324 e. The standard InChI is InChI=1S/C14H9ClF3N3O4/c15-8-1-3-11(10(5-8)14(16,17)18)19-12(22)7-20-6-9(21(24)25)2-4-13(20)23/h1-6H,7H2,(H,19,22). The quantitative estimate of drug-likeness (QED) is 0.656. The molecule has 0 bridgehead atoms. The molecule has 1 N–H and O–H groups in total. The lowest BCUT2D eigenvalue weighted by molar-refractivity contribution is -0.385. The number of carbonyl (C=O) groups excluding carboxylic acids is 1. The summed E-state index contributed by atoms with van der Waals surface area (Å²) in [6.45, 7) is -0.694. The Labute approximate surface area is 142 Å². The molecule has 1 heterocycles. The van der Waals surface area contributed by atoms with Crippen LogP contribution in [0.15, 0.2) is 41.3 Å². The Balaban J connectivity index is 2.26. The minimum absolute atomic E-state index is 0.166. The number of rotatable bonds is 4. The van der Waals surface area contributed by atoms with E-state index >= 15 is 0 Å². The first-order valence-electron chi connectivity index (χ1n) is 6.59. The molecule has 2 rings (SSSR count). The number of benzene rings is 1. The van der Waals surface area contributed by atoms with Crippen molar-refractivity contribution >= 4 is 28.9 Å². The Morgan fingerprint density at radius 3 is 2.56 bits per heavy atom. The Morgan fingerprint density at radius 2 is 1.96 bits per heavy atom. The van der Waals surface area contributed by atoms with Crippen molar-refractivity contribution in [1.82, 2.24) is 4.57 Å². The van der Waals surface area contributed by atoms with Gasteiger partial charge in [0.05, 0.1) is 22.4 Å². The third-order valence-corrected chi connectivity index (χ3v) is 3.29. The van der Waals surface area contributed by atoms with Gasteiger partial charge in [0.1, 0.15) is 6.54 Å². The summed E-state index contributed by atoms with van der Waals surface area (Å²) >= 11 is 5.54. The van der Waals surface area contributed by atoms with Gasteiger partial charge in [-0.25, -0.2) is 0 Å². The van der Waals surface area contributed by atoms with E-state index in [-0.39, 0.29) is 5.02 Å². The average molecular weight is 376 g/mol. The number of halogens is 4. The van der Waals surface area contributed by atoms with E-state index in [4.69, 9.17) is 11.6 Å². The fraction of sp³-hybridized carbons (Fsp3) is 0.143. The SMILES string of the molecule is O=C(Cn1cc([N+](=O)[O-])ccc1=O)Nc1ccc(Cl)cc1C(F)(F)F. The van der Waals surface area contributed by atoms with Gasteiger partial charge in [-0.3, -0.25) is 24.3 Å². The van der Waals surface area contributed by atoms with E-state index in [1.807, 2.05) is 5.32 Å². The molecule has 0 aliphatic carbocycles. The second-order valence-corrected chi connectivity index (χ2v) is 5.28. The molecular formula is C14H9ClF3N3O4. The fourth-order valence-corrected chi connectivity index (χ4v) is 2.13. The van der Waals surface area contributed by atoms with Crippen molar-refractivity contribution in [2.45, 2.75) is 12.7 Å². The number of aromatic nitrogens is 1. The van der Waals surface area contributed by atoms with Crippen LogP contribution in [0.3, 0.4) is 0 Å². The van der Waals surface area contributed by atoms with E-state index in [0.29, 0.717) is 6.07 Å². The minimum atomic E-state index is -4.75. The third kappa shape index (κ3) is 4.57. The zero-order chi connectivity index (χ0) is 18.8.